The van der Waals surface area contributed by atoms with E-state index in [-0.39, 0.29) is 5.91 Å². The van der Waals surface area contributed by atoms with Crippen molar-refractivity contribution in [3.63, 3.8) is 0 Å². The molecule has 0 aromatic heterocycles. The van der Waals surface area contributed by atoms with Gasteiger partial charge in [-0.15, -0.1) is 0 Å². The SMILES string of the molecule is COCCCNC(=O)Cc1ccc(OC)c(OC)c1. The van der Waals surface area contributed by atoms with Crippen molar-refractivity contribution in [2.45, 2.75) is 12.8 Å². The first-order chi connectivity index (χ1) is 9.21. The van der Waals surface area contributed by atoms with Gasteiger partial charge in [-0.25, -0.2) is 0 Å². The maximum absolute atomic E-state index is 11.7. The molecule has 0 radical (unpaired) electrons. The highest BCUT2D eigenvalue weighted by atomic mass is 16.5. The molecule has 0 aliphatic rings. The molecule has 5 heteroatoms. The van der Waals surface area contributed by atoms with Crippen molar-refractivity contribution in [2.24, 2.45) is 0 Å². The van der Waals surface area contributed by atoms with Crippen molar-refractivity contribution in [2.75, 3.05) is 34.5 Å². The summed E-state index contributed by atoms with van der Waals surface area (Å²) < 4.78 is 15.3. The summed E-state index contributed by atoms with van der Waals surface area (Å²) >= 11 is 0. The van der Waals surface area contributed by atoms with E-state index in [2.05, 4.69) is 5.32 Å². The van der Waals surface area contributed by atoms with Gasteiger partial charge in [-0.3, -0.25) is 4.79 Å². The molecule has 1 amide bonds. The number of nitrogens with one attached hydrogen (secondary N) is 1. The Kier molecular flexibility index (Phi) is 6.74. The summed E-state index contributed by atoms with van der Waals surface area (Å²) in [5.74, 6) is 1.28. The van der Waals surface area contributed by atoms with Crippen molar-refractivity contribution in [3.8, 4) is 11.5 Å². The largest absolute Gasteiger partial charge is 0.493 e. The summed E-state index contributed by atoms with van der Waals surface area (Å²) in [6.07, 6.45) is 1.14. The second-order valence-corrected chi connectivity index (χ2v) is 4.06. The number of carbonyl (C=O) groups is 1. The summed E-state index contributed by atoms with van der Waals surface area (Å²) in [6.45, 7) is 1.27. The van der Waals surface area contributed by atoms with Gasteiger partial charge in [0, 0.05) is 20.3 Å². The van der Waals surface area contributed by atoms with Crippen molar-refractivity contribution in [1.82, 2.24) is 5.32 Å². The van der Waals surface area contributed by atoms with Crippen molar-refractivity contribution in [1.29, 1.82) is 0 Å². The Morgan fingerprint density at radius 1 is 1.16 bits per heavy atom. The smallest absolute Gasteiger partial charge is 0.224 e. The highest BCUT2D eigenvalue weighted by Crippen LogP contribution is 2.27. The van der Waals surface area contributed by atoms with Gasteiger partial charge in [0.05, 0.1) is 20.6 Å². The normalized spacial score (nSPS) is 10.1. The zero-order valence-electron chi connectivity index (χ0n) is 11.7. The van der Waals surface area contributed by atoms with Gasteiger partial charge in [-0.2, -0.15) is 0 Å². The fourth-order valence-electron chi connectivity index (χ4n) is 1.68. The molecule has 0 unspecified atom stereocenters. The van der Waals surface area contributed by atoms with Gasteiger partial charge < -0.3 is 19.5 Å². The predicted octanol–water partition coefficient (Wildman–Crippen LogP) is 1.40. The third-order valence-corrected chi connectivity index (χ3v) is 2.66. The lowest BCUT2D eigenvalue weighted by atomic mass is 10.1. The van der Waals surface area contributed by atoms with Gasteiger partial charge in [0.2, 0.25) is 5.91 Å². The molecule has 1 aromatic rings. The van der Waals surface area contributed by atoms with Crippen molar-refractivity contribution < 1.29 is 19.0 Å². The molecule has 0 spiro atoms. The zero-order chi connectivity index (χ0) is 14.1. The van der Waals surface area contributed by atoms with E-state index in [1.54, 1.807) is 27.4 Å². The van der Waals surface area contributed by atoms with Crippen LogP contribution in [0.1, 0.15) is 12.0 Å². The first-order valence-electron chi connectivity index (χ1n) is 6.17. The topological polar surface area (TPSA) is 56.8 Å². The molecule has 5 nitrogen and oxygen atoms in total. The quantitative estimate of drug-likeness (QED) is 0.723. The minimum atomic E-state index is -0.0108. The van der Waals surface area contributed by atoms with E-state index in [0.717, 1.165) is 12.0 Å². The van der Waals surface area contributed by atoms with Crippen LogP contribution < -0.4 is 14.8 Å². The van der Waals surface area contributed by atoms with Gasteiger partial charge in [0.15, 0.2) is 11.5 Å². The number of amides is 1. The number of carbonyl (C=O) groups excluding carboxylic acids is 1. The molecule has 0 aliphatic carbocycles. The summed E-state index contributed by atoms with van der Waals surface area (Å²) in [5, 5.41) is 2.84. The molecule has 1 aromatic carbocycles. The van der Waals surface area contributed by atoms with Crippen molar-refractivity contribution in [3.05, 3.63) is 23.8 Å². The summed E-state index contributed by atoms with van der Waals surface area (Å²) in [5.41, 5.74) is 0.891. The van der Waals surface area contributed by atoms with Crippen LogP contribution in [-0.4, -0.2) is 40.4 Å². The molecule has 0 heterocycles. The molecular formula is C14H21NO4. The first-order valence-corrected chi connectivity index (χ1v) is 6.17. The molecule has 0 saturated carbocycles. The van der Waals surface area contributed by atoms with Crippen LogP contribution in [0.3, 0.4) is 0 Å². The summed E-state index contributed by atoms with van der Waals surface area (Å²) in [6, 6.07) is 5.47. The average molecular weight is 267 g/mol. The van der Waals surface area contributed by atoms with E-state index < -0.39 is 0 Å². The predicted molar refractivity (Wildman–Crippen MR) is 72.8 cm³/mol. The van der Waals surface area contributed by atoms with Gasteiger partial charge in [0.1, 0.15) is 0 Å². The number of hydrogen-bond acceptors (Lipinski definition) is 4. The van der Waals surface area contributed by atoms with Gasteiger partial charge in [0.25, 0.3) is 0 Å². The molecule has 106 valence electrons. The molecule has 0 aliphatic heterocycles. The molecular weight excluding hydrogens is 246 g/mol. The highest BCUT2D eigenvalue weighted by molar-refractivity contribution is 5.78. The summed E-state index contributed by atoms with van der Waals surface area (Å²) in [7, 11) is 4.80. The van der Waals surface area contributed by atoms with Crippen LogP contribution in [0, 0.1) is 0 Å². The Labute approximate surface area is 113 Å². The second kappa shape index (κ2) is 8.37. The van der Waals surface area contributed by atoms with Gasteiger partial charge >= 0.3 is 0 Å². The maximum atomic E-state index is 11.7. The Bertz CT molecular complexity index is 406. The Morgan fingerprint density at radius 3 is 2.53 bits per heavy atom. The number of methoxy groups -OCH3 is 3. The van der Waals surface area contributed by atoms with E-state index in [1.165, 1.54) is 0 Å². The maximum Gasteiger partial charge on any atom is 0.224 e. The Morgan fingerprint density at radius 2 is 1.89 bits per heavy atom. The van der Waals surface area contributed by atoms with E-state index >= 15 is 0 Å². The van der Waals surface area contributed by atoms with Gasteiger partial charge in [-0.1, -0.05) is 6.07 Å². The van der Waals surface area contributed by atoms with Crippen LogP contribution in [0.15, 0.2) is 18.2 Å². The second-order valence-electron chi connectivity index (χ2n) is 4.06. The lowest BCUT2D eigenvalue weighted by molar-refractivity contribution is -0.120. The Hall–Kier alpha value is -1.75. The van der Waals surface area contributed by atoms with E-state index in [1.807, 2.05) is 12.1 Å². The highest BCUT2D eigenvalue weighted by Gasteiger charge is 2.07. The van der Waals surface area contributed by atoms with Crippen LogP contribution in [0.4, 0.5) is 0 Å². The van der Waals surface area contributed by atoms with Crippen LogP contribution in [0.5, 0.6) is 11.5 Å². The zero-order valence-corrected chi connectivity index (χ0v) is 11.7. The van der Waals surface area contributed by atoms with E-state index in [9.17, 15) is 4.79 Å². The molecule has 1 N–H and O–H groups in total. The van der Waals surface area contributed by atoms with E-state index in [0.29, 0.717) is 31.1 Å². The van der Waals surface area contributed by atoms with E-state index in [4.69, 9.17) is 14.2 Å². The van der Waals surface area contributed by atoms with Gasteiger partial charge in [-0.05, 0) is 24.1 Å². The molecule has 0 atom stereocenters. The molecule has 0 fully saturated rings. The van der Waals surface area contributed by atoms with Crippen LogP contribution >= 0.6 is 0 Å². The fourth-order valence-corrected chi connectivity index (χ4v) is 1.68. The van der Waals surface area contributed by atoms with Crippen LogP contribution in [0.2, 0.25) is 0 Å². The molecule has 19 heavy (non-hydrogen) atoms. The number of benzene rings is 1. The third-order valence-electron chi connectivity index (χ3n) is 2.66. The number of ether oxygens (including phenoxy) is 3. The molecule has 1 rings (SSSR count). The fraction of sp³-hybridized carbons (Fsp3) is 0.500. The molecule has 0 bridgehead atoms. The number of hydrogen-bond donors (Lipinski definition) is 1. The lowest BCUT2D eigenvalue weighted by Gasteiger charge is -2.09. The Balaban J connectivity index is 2.50. The minimum Gasteiger partial charge on any atom is -0.493 e. The van der Waals surface area contributed by atoms with Crippen molar-refractivity contribution >= 4 is 5.91 Å². The number of rotatable bonds is 8. The average Bonchev–Trinajstić information content (AvgIpc) is 2.43. The third kappa shape index (κ3) is 5.18. The lowest BCUT2D eigenvalue weighted by Crippen LogP contribution is -2.26. The minimum absolute atomic E-state index is 0.0108. The first kappa shape index (κ1) is 15.3. The van der Waals surface area contributed by atoms with Crippen LogP contribution in [0.25, 0.3) is 0 Å². The van der Waals surface area contributed by atoms with Crippen LogP contribution in [-0.2, 0) is 16.0 Å². The standard InChI is InChI=1S/C14H21NO4/c1-17-8-4-7-15-14(16)10-11-5-6-12(18-2)13(9-11)19-3/h5-6,9H,4,7-8,10H2,1-3H3,(H,15,16). The molecule has 0 saturated heterocycles. The monoisotopic (exact) mass is 267 g/mol. The summed E-state index contributed by atoms with van der Waals surface area (Å²) in [4.78, 5) is 11.7.